The van der Waals surface area contributed by atoms with Gasteiger partial charge in [0.05, 0.1) is 5.25 Å². The third-order valence-corrected chi connectivity index (χ3v) is 4.57. The van der Waals surface area contributed by atoms with E-state index in [0.29, 0.717) is 0 Å². The van der Waals surface area contributed by atoms with E-state index >= 15 is 0 Å². The average molecular weight is 284 g/mol. The van der Waals surface area contributed by atoms with Crippen molar-refractivity contribution in [3.63, 3.8) is 0 Å². The van der Waals surface area contributed by atoms with Gasteiger partial charge in [0.25, 0.3) is 0 Å². The van der Waals surface area contributed by atoms with Crippen LogP contribution in [0.1, 0.15) is 35.3 Å². The van der Waals surface area contributed by atoms with Crippen LogP contribution >= 0.6 is 11.8 Å². The Morgan fingerprint density at radius 1 is 1.00 bits per heavy atom. The highest BCUT2D eigenvalue weighted by Gasteiger charge is 2.15. The molecule has 1 atom stereocenters. The summed E-state index contributed by atoms with van der Waals surface area (Å²) in [6, 6.07) is 18.3. The maximum absolute atomic E-state index is 12.3. The summed E-state index contributed by atoms with van der Waals surface area (Å²) in [5, 5.41) is -0.0114. The Morgan fingerprint density at radius 3 is 2.25 bits per heavy atom. The lowest BCUT2D eigenvalue weighted by atomic mass is 10.1. The number of Topliss-reactive ketones (excluding diaryl/α,β-unsaturated/α-hetero) is 1. The Balaban J connectivity index is 1.94. The van der Waals surface area contributed by atoms with Crippen LogP contribution in [0.4, 0.5) is 0 Å². The Bertz CT molecular complexity index is 545. The average Bonchev–Trinajstić information content (AvgIpc) is 2.53. The topological polar surface area (TPSA) is 17.1 Å². The van der Waals surface area contributed by atoms with Crippen molar-refractivity contribution in [2.45, 2.75) is 31.3 Å². The highest BCUT2D eigenvalue weighted by atomic mass is 32.2. The number of rotatable bonds is 6. The number of thioether (sulfide) groups is 1. The lowest BCUT2D eigenvalue weighted by Gasteiger charge is -2.10. The van der Waals surface area contributed by atoms with Crippen LogP contribution in [0, 0.1) is 0 Å². The molecule has 2 rings (SSSR count). The largest absolute Gasteiger partial charge is 0.293 e. The van der Waals surface area contributed by atoms with Crippen LogP contribution < -0.4 is 0 Å². The summed E-state index contributed by atoms with van der Waals surface area (Å²) in [7, 11) is 0. The first-order chi connectivity index (χ1) is 9.70. The van der Waals surface area contributed by atoms with E-state index in [1.165, 1.54) is 11.1 Å². The zero-order valence-electron chi connectivity index (χ0n) is 12.0. The predicted molar refractivity (Wildman–Crippen MR) is 87.3 cm³/mol. The highest BCUT2D eigenvalue weighted by Crippen LogP contribution is 2.21. The smallest absolute Gasteiger partial charge is 0.175 e. The van der Waals surface area contributed by atoms with Gasteiger partial charge in [-0.15, -0.1) is 11.8 Å². The second-order valence-electron chi connectivity index (χ2n) is 4.85. The first-order valence-corrected chi connectivity index (χ1v) is 8.04. The molecule has 0 saturated carbocycles. The van der Waals surface area contributed by atoms with Crippen molar-refractivity contribution in [1.29, 1.82) is 0 Å². The van der Waals surface area contributed by atoms with Crippen LogP contribution in [0.2, 0.25) is 0 Å². The second kappa shape index (κ2) is 7.30. The second-order valence-corrected chi connectivity index (χ2v) is 6.18. The van der Waals surface area contributed by atoms with Crippen LogP contribution in [0.3, 0.4) is 0 Å². The van der Waals surface area contributed by atoms with Crippen molar-refractivity contribution < 1.29 is 4.79 Å². The first-order valence-electron chi connectivity index (χ1n) is 6.99. The number of aryl methyl sites for hydroxylation is 1. The maximum atomic E-state index is 12.3. The molecule has 2 heteroatoms. The van der Waals surface area contributed by atoms with Gasteiger partial charge in [-0.2, -0.15) is 0 Å². The number of benzene rings is 2. The van der Waals surface area contributed by atoms with Crippen molar-refractivity contribution in [1.82, 2.24) is 0 Å². The van der Waals surface area contributed by atoms with Gasteiger partial charge in [-0.1, -0.05) is 61.5 Å². The summed E-state index contributed by atoms with van der Waals surface area (Å²) < 4.78 is 0. The van der Waals surface area contributed by atoms with Crippen LogP contribution in [-0.2, 0) is 12.2 Å². The van der Waals surface area contributed by atoms with E-state index in [0.717, 1.165) is 17.7 Å². The predicted octanol–water partition coefficient (Wildman–Crippen LogP) is 4.75. The molecule has 0 aliphatic rings. The fourth-order valence-electron chi connectivity index (χ4n) is 2.01. The van der Waals surface area contributed by atoms with Crippen LogP contribution in [0.5, 0.6) is 0 Å². The molecular weight excluding hydrogens is 264 g/mol. The Labute approximate surface area is 125 Å². The molecule has 0 N–H and O–H groups in total. The molecule has 20 heavy (non-hydrogen) atoms. The molecule has 104 valence electrons. The fraction of sp³-hybridized carbons (Fsp3) is 0.278. The van der Waals surface area contributed by atoms with Crippen molar-refractivity contribution in [2.24, 2.45) is 0 Å². The standard InChI is InChI=1S/C18H20OS/c1-3-15-9-11-17(12-10-15)18(19)14(2)20-13-16-7-5-4-6-8-16/h4-12,14H,3,13H2,1-2H3. The lowest BCUT2D eigenvalue weighted by molar-refractivity contribution is 0.0994. The van der Waals surface area contributed by atoms with Crippen LogP contribution in [0.15, 0.2) is 54.6 Å². The van der Waals surface area contributed by atoms with Gasteiger partial charge in [0, 0.05) is 11.3 Å². The first kappa shape index (κ1) is 14.9. The molecule has 0 saturated heterocycles. The minimum Gasteiger partial charge on any atom is -0.293 e. The van der Waals surface area contributed by atoms with Gasteiger partial charge >= 0.3 is 0 Å². The van der Waals surface area contributed by atoms with Crippen molar-refractivity contribution in [3.8, 4) is 0 Å². The summed E-state index contributed by atoms with van der Waals surface area (Å²) in [4.78, 5) is 12.3. The van der Waals surface area contributed by atoms with E-state index in [2.05, 4.69) is 19.1 Å². The quantitative estimate of drug-likeness (QED) is 0.712. The monoisotopic (exact) mass is 284 g/mol. The summed E-state index contributed by atoms with van der Waals surface area (Å²) in [5.74, 6) is 1.09. The Morgan fingerprint density at radius 2 is 1.65 bits per heavy atom. The summed E-state index contributed by atoms with van der Waals surface area (Å²) in [6.45, 7) is 4.11. The van der Waals surface area contributed by atoms with E-state index < -0.39 is 0 Å². The molecule has 0 aliphatic carbocycles. The minimum atomic E-state index is -0.0114. The van der Waals surface area contributed by atoms with Crippen molar-refractivity contribution >= 4 is 17.5 Å². The van der Waals surface area contributed by atoms with Gasteiger partial charge < -0.3 is 0 Å². The molecule has 1 nitrogen and oxygen atoms in total. The van der Waals surface area contributed by atoms with E-state index in [1.807, 2.05) is 49.4 Å². The lowest BCUT2D eigenvalue weighted by Crippen LogP contribution is -2.13. The zero-order chi connectivity index (χ0) is 14.4. The maximum Gasteiger partial charge on any atom is 0.175 e. The van der Waals surface area contributed by atoms with Crippen molar-refractivity contribution in [3.05, 3.63) is 71.3 Å². The molecule has 0 spiro atoms. The van der Waals surface area contributed by atoms with Gasteiger partial charge in [0.1, 0.15) is 0 Å². The number of hydrogen-bond acceptors (Lipinski definition) is 2. The molecule has 0 bridgehead atoms. The van der Waals surface area contributed by atoms with Crippen LogP contribution in [-0.4, -0.2) is 11.0 Å². The Hall–Kier alpha value is -1.54. The summed E-state index contributed by atoms with van der Waals surface area (Å²) in [5.41, 5.74) is 3.35. The molecule has 0 aromatic heterocycles. The molecule has 0 amide bonds. The SMILES string of the molecule is CCc1ccc(C(=O)C(C)SCc2ccccc2)cc1. The summed E-state index contributed by atoms with van der Waals surface area (Å²) in [6.07, 6.45) is 1.01. The van der Waals surface area contributed by atoms with E-state index in [9.17, 15) is 4.79 Å². The molecule has 0 heterocycles. The number of carbonyl (C=O) groups is 1. The van der Waals surface area contributed by atoms with Gasteiger partial charge in [0.2, 0.25) is 0 Å². The summed E-state index contributed by atoms with van der Waals surface area (Å²) >= 11 is 1.69. The molecule has 2 aromatic rings. The van der Waals surface area contributed by atoms with E-state index in [4.69, 9.17) is 0 Å². The van der Waals surface area contributed by atoms with Gasteiger partial charge in [-0.3, -0.25) is 4.79 Å². The van der Waals surface area contributed by atoms with Crippen molar-refractivity contribution in [2.75, 3.05) is 0 Å². The molecule has 2 aromatic carbocycles. The fourth-order valence-corrected chi connectivity index (χ4v) is 2.93. The third-order valence-electron chi connectivity index (χ3n) is 3.36. The molecule has 0 fully saturated rings. The molecule has 0 aliphatic heterocycles. The third kappa shape index (κ3) is 3.97. The van der Waals surface area contributed by atoms with Gasteiger partial charge in [-0.25, -0.2) is 0 Å². The molecular formula is C18H20OS. The Kier molecular flexibility index (Phi) is 5.42. The van der Waals surface area contributed by atoms with E-state index in [-0.39, 0.29) is 11.0 Å². The minimum absolute atomic E-state index is 0.0114. The molecule has 1 unspecified atom stereocenters. The van der Waals surface area contributed by atoms with Gasteiger partial charge in [-0.05, 0) is 24.5 Å². The molecule has 0 radical (unpaired) electrons. The van der Waals surface area contributed by atoms with Crippen LogP contribution in [0.25, 0.3) is 0 Å². The zero-order valence-corrected chi connectivity index (χ0v) is 12.8. The van der Waals surface area contributed by atoms with Gasteiger partial charge in [0.15, 0.2) is 5.78 Å². The number of hydrogen-bond donors (Lipinski definition) is 0. The normalized spacial score (nSPS) is 12.1. The number of carbonyl (C=O) groups excluding carboxylic acids is 1. The highest BCUT2D eigenvalue weighted by molar-refractivity contribution is 7.99. The van der Waals surface area contributed by atoms with E-state index in [1.54, 1.807) is 11.8 Å². The number of ketones is 1.